The molecule has 0 aromatic rings. The van der Waals surface area contributed by atoms with Crippen LogP contribution < -0.4 is 10.6 Å². The molecule has 0 aliphatic heterocycles. The minimum absolute atomic E-state index is 0.0133. The molecule has 0 saturated heterocycles. The molecule has 0 heterocycles. The molecule has 1 amide bonds. The largest absolute Gasteiger partial charge is 0.273 e. The lowest BCUT2D eigenvalue weighted by Gasteiger charge is -2.39. The van der Waals surface area contributed by atoms with Crippen LogP contribution in [0.4, 0.5) is 0 Å². The Morgan fingerprint density at radius 3 is 2.50 bits per heavy atom. The Morgan fingerprint density at radius 1 is 0.917 bits per heavy atom. The Hall–Kier alpha value is -1.26. The standard InChI is InChI=1S/C19H31N3O2/c1-13(15-10-9-14-5-2-3-6-16(14)11-15)20-21-19(23)17-7-4-8-18(12-17)22-24/h14-18H,2-12H2,1H3,(H,21,23)/p+1/b20-13+. The highest BCUT2D eigenvalue weighted by Crippen LogP contribution is 2.42. The summed E-state index contributed by atoms with van der Waals surface area (Å²) in [5.74, 6) is 2.26. The van der Waals surface area contributed by atoms with Gasteiger partial charge in [0.25, 0.3) is 0 Å². The zero-order valence-electron chi connectivity index (χ0n) is 14.9. The summed E-state index contributed by atoms with van der Waals surface area (Å²) >= 11 is 0. The smallest absolute Gasteiger partial charge is 0.243 e. The molecule has 3 aliphatic rings. The summed E-state index contributed by atoms with van der Waals surface area (Å²) in [5, 5.41) is 6.50. The second-order valence-corrected chi connectivity index (χ2v) is 8.22. The Labute approximate surface area is 145 Å². The van der Waals surface area contributed by atoms with Crippen molar-refractivity contribution in [1.29, 1.82) is 0 Å². The maximum Gasteiger partial charge on any atom is 0.243 e. The number of nitrogens with one attached hydrogen (secondary N) is 2. The van der Waals surface area contributed by atoms with Gasteiger partial charge in [0.1, 0.15) is 0 Å². The van der Waals surface area contributed by atoms with Crippen LogP contribution in [0, 0.1) is 28.6 Å². The van der Waals surface area contributed by atoms with E-state index in [9.17, 15) is 9.70 Å². The van der Waals surface area contributed by atoms with Gasteiger partial charge in [0.15, 0.2) is 6.04 Å². The van der Waals surface area contributed by atoms with Crippen molar-refractivity contribution in [3.63, 3.8) is 0 Å². The average molecular weight is 334 g/mol. The fraction of sp³-hybridized carbons (Fsp3) is 0.895. The van der Waals surface area contributed by atoms with Crippen molar-refractivity contribution in [2.75, 3.05) is 0 Å². The van der Waals surface area contributed by atoms with Crippen LogP contribution in [-0.4, -0.2) is 17.7 Å². The Bertz CT molecular complexity index is 491. The predicted molar refractivity (Wildman–Crippen MR) is 94.1 cm³/mol. The van der Waals surface area contributed by atoms with E-state index in [-0.39, 0.29) is 17.9 Å². The first kappa shape index (κ1) is 17.6. The van der Waals surface area contributed by atoms with Gasteiger partial charge in [-0.25, -0.2) is 5.43 Å². The van der Waals surface area contributed by atoms with Gasteiger partial charge < -0.3 is 0 Å². The molecule has 5 unspecified atom stereocenters. The molecule has 0 aromatic carbocycles. The number of nitrogens with zero attached hydrogens (tertiary/aromatic N) is 1. The molecule has 0 radical (unpaired) electrons. The van der Waals surface area contributed by atoms with Crippen molar-refractivity contribution in [1.82, 2.24) is 5.43 Å². The highest BCUT2D eigenvalue weighted by Gasteiger charge is 2.34. The molecule has 3 saturated carbocycles. The van der Waals surface area contributed by atoms with E-state index in [4.69, 9.17) is 0 Å². The third kappa shape index (κ3) is 4.22. The summed E-state index contributed by atoms with van der Waals surface area (Å²) in [5.41, 5.74) is 3.87. The van der Waals surface area contributed by atoms with Crippen molar-refractivity contribution in [2.45, 2.75) is 83.6 Å². The number of nitroso groups, excluding NO2 is 1. The Balaban J connectivity index is 1.50. The van der Waals surface area contributed by atoms with E-state index < -0.39 is 0 Å². The molecule has 2 N–H and O–H groups in total. The minimum Gasteiger partial charge on any atom is -0.273 e. The molecule has 0 spiro atoms. The SMILES string of the molecule is C/C(=N\NC(=O)C1CCCC([NH+]=O)C1)C1CCC2CCCCC2C1. The normalized spacial score (nSPS) is 37.4. The lowest BCUT2D eigenvalue weighted by Crippen LogP contribution is -2.73. The maximum absolute atomic E-state index is 12.3. The van der Waals surface area contributed by atoms with Crippen LogP contribution in [0.2, 0.25) is 0 Å². The number of carbonyl (C=O) groups excluding carboxylic acids is 1. The van der Waals surface area contributed by atoms with Crippen molar-refractivity contribution < 1.29 is 9.97 Å². The van der Waals surface area contributed by atoms with Crippen LogP contribution in [0.3, 0.4) is 0 Å². The quantitative estimate of drug-likeness (QED) is 0.612. The molecule has 24 heavy (non-hydrogen) atoms. The van der Waals surface area contributed by atoms with Crippen LogP contribution >= 0.6 is 0 Å². The molecule has 0 bridgehead atoms. The zero-order chi connectivity index (χ0) is 16.9. The van der Waals surface area contributed by atoms with Gasteiger partial charge in [-0.1, -0.05) is 25.7 Å². The number of rotatable bonds is 4. The van der Waals surface area contributed by atoms with Crippen molar-refractivity contribution in [3.8, 4) is 0 Å². The summed E-state index contributed by atoms with van der Waals surface area (Å²) in [6, 6.07) is -0.0684. The van der Waals surface area contributed by atoms with Gasteiger partial charge in [0, 0.05) is 29.4 Å². The Morgan fingerprint density at radius 2 is 1.71 bits per heavy atom. The lowest BCUT2D eigenvalue weighted by molar-refractivity contribution is -0.530. The molecule has 3 aliphatic carbocycles. The van der Waals surface area contributed by atoms with Gasteiger partial charge in [0.2, 0.25) is 5.91 Å². The fourth-order valence-electron chi connectivity index (χ4n) is 5.11. The van der Waals surface area contributed by atoms with E-state index in [1.54, 1.807) is 0 Å². The molecule has 5 nitrogen and oxygen atoms in total. The molecule has 3 fully saturated rings. The van der Waals surface area contributed by atoms with Gasteiger partial charge >= 0.3 is 0 Å². The van der Waals surface area contributed by atoms with Crippen LogP contribution in [0.25, 0.3) is 0 Å². The van der Waals surface area contributed by atoms with Gasteiger partial charge in [-0.3, -0.25) is 4.79 Å². The first-order valence-corrected chi connectivity index (χ1v) is 9.89. The van der Waals surface area contributed by atoms with Gasteiger partial charge in [0.05, 0.1) is 0 Å². The highest BCUT2D eigenvalue weighted by atomic mass is 16.3. The summed E-state index contributed by atoms with van der Waals surface area (Å²) in [7, 11) is 0. The van der Waals surface area contributed by atoms with E-state index in [1.807, 2.05) is 0 Å². The van der Waals surface area contributed by atoms with Crippen molar-refractivity contribution in [2.24, 2.45) is 28.8 Å². The maximum atomic E-state index is 12.3. The summed E-state index contributed by atoms with van der Waals surface area (Å²) in [6.07, 6.45) is 12.7. The molecule has 5 heteroatoms. The Kier molecular flexibility index (Phi) is 6.01. The zero-order valence-corrected chi connectivity index (χ0v) is 14.9. The van der Waals surface area contributed by atoms with Crippen LogP contribution in [0.15, 0.2) is 5.10 Å². The molecule has 3 rings (SSSR count). The molecular weight excluding hydrogens is 302 g/mol. The number of hydrazone groups is 1. The molecule has 5 atom stereocenters. The van der Waals surface area contributed by atoms with E-state index in [0.717, 1.165) is 36.8 Å². The van der Waals surface area contributed by atoms with E-state index in [0.29, 0.717) is 12.3 Å². The fourth-order valence-corrected chi connectivity index (χ4v) is 5.11. The topological polar surface area (TPSA) is 72.5 Å². The van der Waals surface area contributed by atoms with Gasteiger partial charge in [-0.15, -0.1) is 0 Å². The van der Waals surface area contributed by atoms with Crippen LogP contribution in [-0.2, 0) is 4.79 Å². The number of fused-ring (bicyclic) bond motifs is 1. The minimum atomic E-state index is -0.0733. The van der Waals surface area contributed by atoms with E-state index >= 15 is 0 Å². The summed E-state index contributed by atoms with van der Waals surface area (Å²) in [6.45, 7) is 2.07. The van der Waals surface area contributed by atoms with E-state index in [2.05, 4.69) is 22.6 Å². The summed E-state index contributed by atoms with van der Waals surface area (Å²) in [4.78, 5) is 23.2. The first-order valence-electron chi connectivity index (χ1n) is 9.89. The first-order chi connectivity index (χ1) is 11.7. The average Bonchev–Trinajstić information content (AvgIpc) is 2.65. The second kappa shape index (κ2) is 8.21. The summed E-state index contributed by atoms with van der Waals surface area (Å²) < 4.78 is 0. The molecule has 0 aromatic heterocycles. The third-order valence-corrected chi connectivity index (χ3v) is 6.68. The van der Waals surface area contributed by atoms with Gasteiger partial charge in [-0.2, -0.15) is 5.10 Å². The van der Waals surface area contributed by atoms with Crippen LogP contribution in [0.5, 0.6) is 0 Å². The lowest BCUT2D eigenvalue weighted by atomic mass is 9.67. The number of hydrogen-bond donors (Lipinski definition) is 2. The van der Waals surface area contributed by atoms with Crippen LogP contribution in [0.1, 0.15) is 77.6 Å². The van der Waals surface area contributed by atoms with Crippen molar-refractivity contribution in [3.05, 3.63) is 4.91 Å². The van der Waals surface area contributed by atoms with Crippen molar-refractivity contribution >= 4 is 11.6 Å². The predicted octanol–water partition coefficient (Wildman–Crippen LogP) is 2.49. The molecule has 134 valence electrons. The number of amides is 1. The number of hydrogen-bond acceptors (Lipinski definition) is 3. The number of carbonyl (C=O) groups is 1. The monoisotopic (exact) mass is 334 g/mol. The second-order valence-electron chi connectivity index (χ2n) is 8.22. The molecular formula is C19H32N3O2+. The van der Waals surface area contributed by atoms with Gasteiger partial charge in [-0.05, 0) is 62.0 Å². The third-order valence-electron chi connectivity index (χ3n) is 6.68. The highest BCUT2D eigenvalue weighted by molar-refractivity contribution is 5.86. The van der Waals surface area contributed by atoms with E-state index in [1.165, 1.54) is 44.9 Å².